The average molecular weight is 461 g/mol. The molecule has 0 bridgehead atoms. The van der Waals surface area contributed by atoms with Crippen molar-refractivity contribution in [3.05, 3.63) is 69.8 Å². The quantitative estimate of drug-likeness (QED) is 0.276. The Morgan fingerprint density at radius 3 is 2.50 bits per heavy atom. The summed E-state index contributed by atoms with van der Waals surface area (Å²) in [7, 11) is -0.890. The van der Waals surface area contributed by atoms with Crippen LogP contribution in [-0.2, 0) is 24.3 Å². The summed E-state index contributed by atoms with van der Waals surface area (Å²) in [5.74, 6) is -1.47. The number of carbonyl (C=O) groups is 2. The van der Waals surface area contributed by atoms with Gasteiger partial charge in [-0.15, -0.1) is 0 Å². The molecule has 11 heteroatoms. The number of esters is 1. The van der Waals surface area contributed by atoms with Crippen molar-refractivity contribution in [2.75, 3.05) is 19.4 Å². The molecule has 0 saturated heterocycles. The van der Waals surface area contributed by atoms with Crippen LogP contribution >= 0.6 is 0 Å². The standard InChI is InChI=1S/C21H23N3O7S/c1-14-8-10-18(32(29,30)23(3)4)13-19(14)22-21(26)15(2)31-20(25)11-9-16-6-5-7-17(12-16)24(27)28/h5-13,15H,1-4H3,(H,22,26)/b11-9+. The van der Waals surface area contributed by atoms with Crippen LogP contribution in [0.5, 0.6) is 0 Å². The van der Waals surface area contributed by atoms with Gasteiger partial charge in [0.15, 0.2) is 6.10 Å². The van der Waals surface area contributed by atoms with E-state index in [1.807, 2.05) is 0 Å². The van der Waals surface area contributed by atoms with Gasteiger partial charge >= 0.3 is 5.97 Å². The first-order valence-electron chi connectivity index (χ1n) is 9.39. The van der Waals surface area contributed by atoms with E-state index in [2.05, 4.69) is 5.32 Å². The van der Waals surface area contributed by atoms with Crippen molar-refractivity contribution in [1.82, 2.24) is 4.31 Å². The number of nitro benzene ring substituents is 1. The maximum Gasteiger partial charge on any atom is 0.331 e. The van der Waals surface area contributed by atoms with Crippen LogP contribution in [0.2, 0.25) is 0 Å². The second kappa shape index (κ2) is 10.2. The molecule has 32 heavy (non-hydrogen) atoms. The molecule has 0 aromatic heterocycles. The van der Waals surface area contributed by atoms with Gasteiger partial charge in [-0.05, 0) is 43.2 Å². The molecule has 10 nitrogen and oxygen atoms in total. The number of non-ortho nitro benzene ring substituents is 1. The number of amides is 1. The molecule has 170 valence electrons. The molecule has 2 aromatic carbocycles. The van der Waals surface area contributed by atoms with E-state index in [0.717, 1.165) is 10.4 Å². The van der Waals surface area contributed by atoms with Crippen molar-refractivity contribution >= 4 is 39.4 Å². The first-order chi connectivity index (χ1) is 14.9. The normalized spacial score (nSPS) is 12.5. The molecule has 0 fully saturated rings. The largest absolute Gasteiger partial charge is 0.449 e. The maximum absolute atomic E-state index is 12.4. The smallest absolute Gasteiger partial charge is 0.331 e. The van der Waals surface area contributed by atoms with Gasteiger partial charge in [0.2, 0.25) is 10.0 Å². The van der Waals surface area contributed by atoms with E-state index in [1.54, 1.807) is 19.1 Å². The highest BCUT2D eigenvalue weighted by Gasteiger charge is 2.21. The van der Waals surface area contributed by atoms with Crippen LogP contribution in [0.25, 0.3) is 6.08 Å². The third kappa shape index (κ3) is 6.22. The second-order valence-electron chi connectivity index (χ2n) is 7.02. The summed E-state index contributed by atoms with van der Waals surface area (Å²) >= 11 is 0. The van der Waals surface area contributed by atoms with Crippen molar-refractivity contribution in [3.63, 3.8) is 0 Å². The molecule has 1 unspecified atom stereocenters. The van der Waals surface area contributed by atoms with Crippen LogP contribution in [0, 0.1) is 17.0 Å². The van der Waals surface area contributed by atoms with Gasteiger partial charge in [0.25, 0.3) is 11.6 Å². The Hall–Kier alpha value is -3.57. The number of aryl methyl sites for hydroxylation is 1. The average Bonchev–Trinajstić information content (AvgIpc) is 2.73. The molecule has 0 saturated carbocycles. The molecular formula is C21H23N3O7S. The fourth-order valence-electron chi connectivity index (χ4n) is 2.51. The monoisotopic (exact) mass is 461 g/mol. The minimum Gasteiger partial charge on any atom is -0.449 e. The highest BCUT2D eigenvalue weighted by molar-refractivity contribution is 7.89. The van der Waals surface area contributed by atoms with Gasteiger partial charge in [-0.3, -0.25) is 14.9 Å². The Morgan fingerprint density at radius 2 is 1.88 bits per heavy atom. The summed E-state index contributed by atoms with van der Waals surface area (Å²) in [6, 6.07) is 9.99. The molecule has 0 aliphatic heterocycles. The summed E-state index contributed by atoms with van der Waals surface area (Å²) in [6.45, 7) is 3.06. The Morgan fingerprint density at radius 1 is 1.19 bits per heavy atom. The van der Waals surface area contributed by atoms with E-state index < -0.39 is 32.9 Å². The van der Waals surface area contributed by atoms with Gasteiger partial charge in [0, 0.05) is 38.0 Å². The lowest BCUT2D eigenvalue weighted by atomic mass is 10.2. The molecule has 1 atom stereocenters. The predicted molar refractivity (Wildman–Crippen MR) is 118 cm³/mol. The van der Waals surface area contributed by atoms with Crippen molar-refractivity contribution in [3.8, 4) is 0 Å². The van der Waals surface area contributed by atoms with E-state index in [9.17, 15) is 28.1 Å². The molecule has 1 N–H and O–H groups in total. The molecule has 0 aliphatic rings. The summed E-state index contributed by atoms with van der Waals surface area (Å²) in [5, 5.41) is 13.4. The van der Waals surface area contributed by atoms with Crippen LogP contribution in [0.1, 0.15) is 18.1 Å². The van der Waals surface area contributed by atoms with E-state index in [0.29, 0.717) is 11.1 Å². The number of benzene rings is 2. The third-order valence-electron chi connectivity index (χ3n) is 4.40. The summed E-state index contributed by atoms with van der Waals surface area (Å²) in [6.07, 6.45) is 1.21. The maximum atomic E-state index is 12.4. The zero-order valence-electron chi connectivity index (χ0n) is 17.9. The van der Waals surface area contributed by atoms with Crippen LogP contribution in [0.4, 0.5) is 11.4 Å². The number of nitro groups is 1. The van der Waals surface area contributed by atoms with Crippen molar-refractivity contribution in [1.29, 1.82) is 0 Å². The second-order valence-corrected chi connectivity index (χ2v) is 9.17. The van der Waals surface area contributed by atoms with E-state index in [-0.39, 0.29) is 16.3 Å². The van der Waals surface area contributed by atoms with Crippen LogP contribution < -0.4 is 5.32 Å². The fourth-order valence-corrected chi connectivity index (χ4v) is 3.44. The lowest BCUT2D eigenvalue weighted by molar-refractivity contribution is -0.384. The Balaban J connectivity index is 2.06. The lowest BCUT2D eigenvalue weighted by Crippen LogP contribution is -2.30. The Labute approximate surface area is 185 Å². The zero-order valence-corrected chi connectivity index (χ0v) is 18.8. The highest BCUT2D eigenvalue weighted by atomic mass is 32.2. The number of anilines is 1. The Kier molecular flexibility index (Phi) is 7.84. The topological polar surface area (TPSA) is 136 Å². The zero-order chi connectivity index (χ0) is 24.1. The van der Waals surface area contributed by atoms with Crippen LogP contribution in [0.15, 0.2) is 53.4 Å². The van der Waals surface area contributed by atoms with Crippen molar-refractivity contribution in [2.45, 2.75) is 24.8 Å². The summed E-state index contributed by atoms with van der Waals surface area (Å²) in [4.78, 5) is 34.7. The molecule has 2 aromatic rings. The molecule has 0 heterocycles. The van der Waals surface area contributed by atoms with E-state index >= 15 is 0 Å². The van der Waals surface area contributed by atoms with Gasteiger partial charge in [0.1, 0.15) is 0 Å². The lowest BCUT2D eigenvalue weighted by Gasteiger charge is -2.16. The molecule has 1 amide bonds. The third-order valence-corrected chi connectivity index (χ3v) is 6.21. The molecular weight excluding hydrogens is 438 g/mol. The van der Waals surface area contributed by atoms with Gasteiger partial charge in [-0.2, -0.15) is 0 Å². The molecule has 0 radical (unpaired) electrons. The number of nitrogens with one attached hydrogen (secondary N) is 1. The first-order valence-corrected chi connectivity index (χ1v) is 10.8. The number of carbonyl (C=O) groups excluding carboxylic acids is 2. The number of hydrogen-bond donors (Lipinski definition) is 1. The fraction of sp³-hybridized carbons (Fsp3) is 0.238. The molecule has 2 rings (SSSR count). The first kappa shape index (κ1) is 24.7. The van der Waals surface area contributed by atoms with Gasteiger partial charge in [-0.1, -0.05) is 18.2 Å². The minimum atomic E-state index is -3.69. The Bertz CT molecular complexity index is 1170. The van der Waals surface area contributed by atoms with Gasteiger partial charge in [-0.25, -0.2) is 17.5 Å². The van der Waals surface area contributed by atoms with Crippen LogP contribution in [0.3, 0.4) is 0 Å². The van der Waals surface area contributed by atoms with Gasteiger partial charge in [0.05, 0.1) is 9.82 Å². The number of nitrogens with zero attached hydrogens (tertiary/aromatic N) is 2. The molecule has 0 aliphatic carbocycles. The predicted octanol–water partition coefficient (Wildman–Crippen LogP) is 2.74. The highest BCUT2D eigenvalue weighted by Crippen LogP contribution is 2.22. The van der Waals surface area contributed by atoms with Crippen molar-refractivity contribution < 1.29 is 27.7 Å². The number of rotatable bonds is 8. The minimum absolute atomic E-state index is 0.00735. The number of sulfonamides is 1. The summed E-state index contributed by atoms with van der Waals surface area (Å²) < 4.78 is 30.7. The number of hydrogen-bond acceptors (Lipinski definition) is 7. The van der Waals surface area contributed by atoms with E-state index in [4.69, 9.17) is 4.74 Å². The van der Waals surface area contributed by atoms with E-state index in [1.165, 1.54) is 57.4 Å². The number of ether oxygens (including phenoxy) is 1. The summed E-state index contributed by atoms with van der Waals surface area (Å²) in [5.41, 5.74) is 1.19. The SMILES string of the molecule is Cc1ccc(S(=O)(=O)N(C)C)cc1NC(=O)C(C)OC(=O)/C=C/c1cccc([N+](=O)[O-])c1. The van der Waals surface area contributed by atoms with Crippen LogP contribution in [-0.4, -0.2) is 49.7 Å². The van der Waals surface area contributed by atoms with Gasteiger partial charge < -0.3 is 10.1 Å². The van der Waals surface area contributed by atoms with Crippen molar-refractivity contribution in [2.24, 2.45) is 0 Å². The molecule has 0 spiro atoms.